The van der Waals surface area contributed by atoms with Gasteiger partial charge in [-0.25, -0.2) is 4.98 Å². The Morgan fingerprint density at radius 1 is 1.20 bits per heavy atom. The molecule has 5 nitrogen and oxygen atoms in total. The standard InChI is InChI=1S/C14H11BrN4O/c1-8-2-3-10(11(15)6-8)13-18-14(20-19-13)9-4-5-17-12(16)7-9/h2-7H,1H3,(H2,16,17). The Balaban J connectivity index is 2.02. The second kappa shape index (κ2) is 5.05. The maximum Gasteiger partial charge on any atom is 0.258 e. The van der Waals surface area contributed by atoms with Gasteiger partial charge in [0.2, 0.25) is 5.82 Å². The van der Waals surface area contributed by atoms with Crippen molar-refractivity contribution in [2.75, 3.05) is 5.73 Å². The van der Waals surface area contributed by atoms with E-state index in [9.17, 15) is 0 Å². The highest BCUT2D eigenvalue weighted by Gasteiger charge is 2.13. The average Bonchev–Trinajstić information content (AvgIpc) is 2.88. The lowest BCUT2D eigenvalue weighted by molar-refractivity contribution is 0.432. The molecule has 2 heterocycles. The van der Waals surface area contributed by atoms with Crippen LogP contribution in [-0.4, -0.2) is 15.1 Å². The topological polar surface area (TPSA) is 77.8 Å². The number of aromatic nitrogens is 3. The predicted octanol–water partition coefficient (Wildman–Crippen LogP) is 3.45. The van der Waals surface area contributed by atoms with Crippen LogP contribution in [0.2, 0.25) is 0 Å². The van der Waals surface area contributed by atoms with E-state index in [-0.39, 0.29) is 0 Å². The van der Waals surface area contributed by atoms with Gasteiger partial charge in [-0.2, -0.15) is 4.98 Å². The molecule has 0 aliphatic rings. The highest BCUT2D eigenvalue weighted by molar-refractivity contribution is 9.10. The van der Waals surface area contributed by atoms with Crippen LogP contribution in [-0.2, 0) is 0 Å². The molecule has 100 valence electrons. The van der Waals surface area contributed by atoms with Crippen molar-refractivity contribution in [3.05, 3.63) is 46.6 Å². The summed E-state index contributed by atoms with van der Waals surface area (Å²) in [5.74, 6) is 1.36. The summed E-state index contributed by atoms with van der Waals surface area (Å²) in [5, 5.41) is 4.01. The second-order valence-corrected chi connectivity index (χ2v) is 5.23. The lowest BCUT2D eigenvalue weighted by atomic mass is 10.1. The Labute approximate surface area is 124 Å². The van der Waals surface area contributed by atoms with E-state index < -0.39 is 0 Å². The number of nitrogens with zero attached hydrogens (tertiary/aromatic N) is 3. The number of halogens is 1. The highest BCUT2D eigenvalue weighted by Crippen LogP contribution is 2.29. The molecule has 6 heteroatoms. The molecule has 2 N–H and O–H groups in total. The summed E-state index contributed by atoms with van der Waals surface area (Å²) in [6.45, 7) is 2.02. The number of nitrogen functional groups attached to an aromatic ring is 1. The minimum atomic E-state index is 0.416. The monoisotopic (exact) mass is 330 g/mol. The summed E-state index contributed by atoms with van der Waals surface area (Å²) >= 11 is 3.51. The second-order valence-electron chi connectivity index (χ2n) is 4.38. The van der Waals surface area contributed by atoms with E-state index >= 15 is 0 Å². The van der Waals surface area contributed by atoms with Crippen LogP contribution in [0.1, 0.15) is 5.56 Å². The summed E-state index contributed by atoms with van der Waals surface area (Å²) in [5.41, 5.74) is 8.44. The van der Waals surface area contributed by atoms with Crippen LogP contribution in [0.4, 0.5) is 5.82 Å². The van der Waals surface area contributed by atoms with Crippen molar-refractivity contribution in [1.29, 1.82) is 0 Å². The van der Waals surface area contributed by atoms with Crippen LogP contribution in [0, 0.1) is 6.92 Å². The van der Waals surface area contributed by atoms with Crippen molar-refractivity contribution in [2.45, 2.75) is 6.92 Å². The lowest BCUT2D eigenvalue weighted by Crippen LogP contribution is -1.89. The van der Waals surface area contributed by atoms with Gasteiger partial charge in [0.25, 0.3) is 5.89 Å². The van der Waals surface area contributed by atoms with Crippen LogP contribution in [0.3, 0.4) is 0 Å². The van der Waals surface area contributed by atoms with E-state index in [4.69, 9.17) is 10.3 Å². The molecular formula is C14H11BrN4O. The third-order valence-electron chi connectivity index (χ3n) is 2.82. The molecular weight excluding hydrogens is 320 g/mol. The minimum Gasteiger partial charge on any atom is -0.384 e. The van der Waals surface area contributed by atoms with Crippen molar-refractivity contribution in [3.63, 3.8) is 0 Å². The summed E-state index contributed by atoms with van der Waals surface area (Å²) in [4.78, 5) is 8.33. The molecule has 0 saturated heterocycles. The maximum absolute atomic E-state index is 5.65. The van der Waals surface area contributed by atoms with E-state index in [0.717, 1.165) is 21.2 Å². The molecule has 2 aromatic heterocycles. The molecule has 20 heavy (non-hydrogen) atoms. The van der Waals surface area contributed by atoms with Crippen LogP contribution < -0.4 is 5.73 Å². The van der Waals surface area contributed by atoms with Gasteiger partial charge < -0.3 is 10.3 Å². The fourth-order valence-corrected chi connectivity index (χ4v) is 2.50. The molecule has 0 radical (unpaired) electrons. The summed E-state index contributed by atoms with van der Waals surface area (Å²) in [6.07, 6.45) is 1.61. The summed E-state index contributed by atoms with van der Waals surface area (Å²) in [6, 6.07) is 9.44. The van der Waals surface area contributed by atoms with Gasteiger partial charge in [-0.3, -0.25) is 0 Å². The van der Waals surface area contributed by atoms with Crippen molar-refractivity contribution in [1.82, 2.24) is 15.1 Å². The number of nitrogens with two attached hydrogens (primary N) is 1. The van der Waals surface area contributed by atoms with Gasteiger partial charge in [-0.1, -0.05) is 27.2 Å². The van der Waals surface area contributed by atoms with E-state index in [1.165, 1.54) is 0 Å². The van der Waals surface area contributed by atoms with Gasteiger partial charge in [-0.15, -0.1) is 0 Å². The first-order valence-corrected chi connectivity index (χ1v) is 6.75. The summed E-state index contributed by atoms with van der Waals surface area (Å²) < 4.78 is 6.21. The highest BCUT2D eigenvalue weighted by atomic mass is 79.9. The molecule has 0 amide bonds. The molecule has 0 atom stereocenters. The smallest absolute Gasteiger partial charge is 0.258 e. The number of hydrogen-bond acceptors (Lipinski definition) is 5. The molecule has 0 unspecified atom stereocenters. The fourth-order valence-electron chi connectivity index (χ4n) is 1.83. The number of pyridine rings is 1. The SMILES string of the molecule is Cc1ccc(-c2noc(-c3ccnc(N)c3)n2)c(Br)c1. The van der Waals surface area contributed by atoms with Crippen molar-refractivity contribution >= 4 is 21.7 Å². The molecule has 0 bridgehead atoms. The zero-order valence-corrected chi connectivity index (χ0v) is 12.3. The van der Waals surface area contributed by atoms with Crippen LogP contribution in [0.5, 0.6) is 0 Å². The number of benzene rings is 1. The molecule has 0 fully saturated rings. The molecule has 3 aromatic rings. The Hall–Kier alpha value is -2.21. The predicted molar refractivity (Wildman–Crippen MR) is 79.8 cm³/mol. The first kappa shape index (κ1) is 12.8. The third kappa shape index (κ3) is 2.42. The van der Waals surface area contributed by atoms with Crippen LogP contribution in [0.15, 0.2) is 45.5 Å². The van der Waals surface area contributed by atoms with Crippen LogP contribution in [0.25, 0.3) is 22.8 Å². The van der Waals surface area contributed by atoms with Gasteiger partial charge in [0.15, 0.2) is 0 Å². The first-order chi connectivity index (χ1) is 9.63. The Bertz CT molecular complexity index is 769. The molecule has 0 spiro atoms. The number of rotatable bonds is 2. The fraction of sp³-hybridized carbons (Fsp3) is 0.0714. The van der Waals surface area contributed by atoms with Gasteiger partial charge >= 0.3 is 0 Å². The Morgan fingerprint density at radius 2 is 2.05 bits per heavy atom. The zero-order valence-electron chi connectivity index (χ0n) is 10.7. The maximum atomic E-state index is 5.65. The van der Waals surface area contributed by atoms with E-state index in [2.05, 4.69) is 31.1 Å². The largest absolute Gasteiger partial charge is 0.384 e. The molecule has 0 aliphatic heterocycles. The van der Waals surface area contributed by atoms with Crippen molar-refractivity contribution in [3.8, 4) is 22.8 Å². The number of anilines is 1. The molecule has 3 rings (SSSR count). The normalized spacial score (nSPS) is 10.7. The van der Waals surface area contributed by atoms with Crippen molar-refractivity contribution < 1.29 is 4.52 Å². The number of hydrogen-bond donors (Lipinski definition) is 1. The minimum absolute atomic E-state index is 0.416. The van der Waals surface area contributed by atoms with Crippen LogP contribution >= 0.6 is 15.9 Å². The quantitative estimate of drug-likeness (QED) is 0.778. The van der Waals surface area contributed by atoms with E-state index in [1.54, 1.807) is 18.3 Å². The first-order valence-electron chi connectivity index (χ1n) is 5.95. The Morgan fingerprint density at radius 3 is 2.80 bits per heavy atom. The average molecular weight is 331 g/mol. The van der Waals surface area contributed by atoms with E-state index in [0.29, 0.717) is 17.5 Å². The summed E-state index contributed by atoms with van der Waals surface area (Å²) in [7, 11) is 0. The third-order valence-corrected chi connectivity index (χ3v) is 3.48. The van der Waals surface area contributed by atoms with E-state index in [1.807, 2.05) is 25.1 Å². The van der Waals surface area contributed by atoms with Gasteiger partial charge in [0, 0.05) is 21.8 Å². The molecule has 0 aliphatic carbocycles. The molecule has 0 saturated carbocycles. The zero-order chi connectivity index (χ0) is 14.1. The molecule has 1 aromatic carbocycles. The van der Waals surface area contributed by atoms with Gasteiger partial charge in [0.05, 0.1) is 0 Å². The Kier molecular flexibility index (Phi) is 3.23. The van der Waals surface area contributed by atoms with Gasteiger partial charge in [-0.05, 0) is 36.8 Å². The van der Waals surface area contributed by atoms with Gasteiger partial charge in [0.1, 0.15) is 5.82 Å². The lowest BCUT2D eigenvalue weighted by Gasteiger charge is -1.99. The number of aryl methyl sites for hydroxylation is 1. The van der Waals surface area contributed by atoms with Crippen molar-refractivity contribution in [2.24, 2.45) is 0 Å².